The molecule has 1 atom stereocenters. The molecule has 2 heteroatoms. The third kappa shape index (κ3) is 2.78. The Morgan fingerprint density at radius 3 is 1.91 bits per heavy atom. The van der Waals surface area contributed by atoms with Crippen LogP contribution in [-0.4, -0.2) is 18.2 Å². The predicted octanol–water partition coefficient (Wildman–Crippen LogP) is 4.72. The summed E-state index contributed by atoms with van der Waals surface area (Å²) in [6.07, 6.45) is 2.51. The van der Waals surface area contributed by atoms with Gasteiger partial charge in [-0.05, 0) is 60.4 Å². The lowest BCUT2D eigenvalue weighted by Crippen LogP contribution is -2.58. The summed E-state index contributed by atoms with van der Waals surface area (Å²) >= 11 is 0. The zero-order valence-corrected chi connectivity index (χ0v) is 15.2. The maximum Gasteiger partial charge on any atom is 0.115 e. The van der Waals surface area contributed by atoms with Crippen molar-refractivity contribution in [2.75, 3.05) is 13.1 Å². The lowest BCUT2D eigenvalue weighted by Gasteiger charge is -2.59. The molecule has 0 radical (unpaired) electrons. The van der Waals surface area contributed by atoms with Gasteiger partial charge in [-0.15, -0.1) is 0 Å². The van der Waals surface area contributed by atoms with Gasteiger partial charge in [0, 0.05) is 5.41 Å². The smallest absolute Gasteiger partial charge is 0.115 e. The van der Waals surface area contributed by atoms with E-state index in [4.69, 9.17) is 0 Å². The van der Waals surface area contributed by atoms with Crippen LogP contribution in [-0.2, 0) is 5.41 Å². The van der Waals surface area contributed by atoms with Crippen LogP contribution in [0.25, 0.3) is 0 Å². The Balaban J connectivity index is 2.67. The van der Waals surface area contributed by atoms with Crippen LogP contribution in [0.4, 0.5) is 0 Å². The molecule has 0 bridgehead atoms. The summed E-state index contributed by atoms with van der Waals surface area (Å²) in [5.41, 5.74) is 1.68. The molecule has 2 N–H and O–H groups in total. The van der Waals surface area contributed by atoms with E-state index in [0.29, 0.717) is 11.7 Å². The molecule has 0 amide bonds. The van der Waals surface area contributed by atoms with Crippen molar-refractivity contribution in [3.05, 3.63) is 29.8 Å². The molecule has 1 fully saturated rings. The number of nitrogens with one attached hydrogen (secondary N) is 1. The van der Waals surface area contributed by atoms with E-state index in [1.165, 1.54) is 18.4 Å². The van der Waals surface area contributed by atoms with Crippen molar-refractivity contribution in [1.82, 2.24) is 5.32 Å². The summed E-state index contributed by atoms with van der Waals surface area (Å²) in [5, 5.41) is 13.3. The van der Waals surface area contributed by atoms with Gasteiger partial charge < -0.3 is 10.4 Å². The standard InChI is InChI=1S/C20H33NO/c1-18(2,3)20(19(4,5)6,16-8-7-13-21-14-16)15-9-11-17(22)12-10-15/h9-12,16,21-22H,7-8,13-14H2,1-6H3. The molecule has 1 aromatic rings. The van der Waals surface area contributed by atoms with E-state index in [0.717, 1.165) is 13.1 Å². The molecule has 1 unspecified atom stereocenters. The SMILES string of the molecule is CC(C)(C)C(c1ccc(O)cc1)(C1CCCNC1)C(C)(C)C. The van der Waals surface area contributed by atoms with Gasteiger partial charge in [0.25, 0.3) is 0 Å². The van der Waals surface area contributed by atoms with Crippen LogP contribution >= 0.6 is 0 Å². The molecule has 2 rings (SSSR count). The predicted molar refractivity (Wildman–Crippen MR) is 94.3 cm³/mol. The molecule has 0 saturated carbocycles. The van der Waals surface area contributed by atoms with Gasteiger partial charge in [-0.2, -0.15) is 0 Å². The summed E-state index contributed by atoms with van der Waals surface area (Å²) in [7, 11) is 0. The summed E-state index contributed by atoms with van der Waals surface area (Å²) < 4.78 is 0. The van der Waals surface area contributed by atoms with Crippen molar-refractivity contribution < 1.29 is 5.11 Å². The molecular formula is C20H33NO. The highest BCUT2D eigenvalue weighted by atomic mass is 16.3. The number of phenols is 1. The Kier molecular flexibility index (Phi) is 4.64. The minimum Gasteiger partial charge on any atom is -0.508 e. The summed E-state index contributed by atoms with van der Waals surface area (Å²) in [6, 6.07) is 7.97. The van der Waals surface area contributed by atoms with E-state index in [-0.39, 0.29) is 16.2 Å². The average Bonchev–Trinajstić information content (AvgIpc) is 2.39. The molecule has 1 aliphatic heterocycles. The van der Waals surface area contributed by atoms with Crippen LogP contribution in [0.1, 0.15) is 59.9 Å². The fraction of sp³-hybridized carbons (Fsp3) is 0.700. The zero-order chi connectivity index (χ0) is 16.6. The minimum absolute atomic E-state index is 0.0567. The van der Waals surface area contributed by atoms with Gasteiger partial charge in [0.2, 0.25) is 0 Å². The summed E-state index contributed by atoms with van der Waals surface area (Å²) in [5.74, 6) is 0.952. The first-order valence-corrected chi connectivity index (χ1v) is 8.61. The van der Waals surface area contributed by atoms with E-state index in [1.54, 1.807) is 0 Å². The highest BCUT2D eigenvalue weighted by Crippen LogP contribution is 2.59. The van der Waals surface area contributed by atoms with E-state index in [1.807, 2.05) is 12.1 Å². The molecule has 124 valence electrons. The molecule has 1 heterocycles. The second-order valence-electron chi connectivity index (χ2n) is 8.90. The quantitative estimate of drug-likeness (QED) is 0.828. The van der Waals surface area contributed by atoms with Crippen molar-refractivity contribution in [2.45, 2.75) is 59.8 Å². The number of hydrogen-bond acceptors (Lipinski definition) is 2. The first kappa shape index (κ1) is 17.3. The minimum atomic E-state index is 0.0567. The number of benzene rings is 1. The second-order valence-corrected chi connectivity index (χ2v) is 8.90. The van der Waals surface area contributed by atoms with Gasteiger partial charge in [-0.25, -0.2) is 0 Å². The summed E-state index contributed by atoms with van der Waals surface area (Å²) in [4.78, 5) is 0. The highest BCUT2D eigenvalue weighted by molar-refractivity contribution is 5.36. The zero-order valence-electron chi connectivity index (χ0n) is 15.2. The molecule has 0 spiro atoms. The molecule has 1 aliphatic rings. The number of hydrogen-bond donors (Lipinski definition) is 2. The molecule has 0 aromatic heterocycles. The van der Waals surface area contributed by atoms with Crippen molar-refractivity contribution in [1.29, 1.82) is 0 Å². The van der Waals surface area contributed by atoms with E-state index < -0.39 is 0 Å². The Labute approximate surface area is 136 Å². The van der Waals surface area contributed by atoms with Gasteiger partial charge in [-0.3, -0.25) is 0 Å². The molecule has 1 saturated heterocycles. The molecule has 22 heavy (non-hydrogen) atoms. The lowest BCUT2D eigenvalue weighted by molar-refractivity contribution is -0.0156. The van der Waals surface area contributed by atoms with Gasteiger partial charge in [-0.1, -0.05) is 53.7 Å². The first-order chi connectivity index (χ1) is 10.1. The maximum absolute atomic E-state index is 9.73. The Hall–Kier alpha value is -1.02. The number of rotatable bonds is 2. The Morgan fingerprint density at radius 1 is 0.955 bits per heavy atom. The molecule has 2 nitrogen and oxygen atoms in total. The van der Waals surface area contributed by atoms with Gasteiger partial charge >= 0.3 is 0 Å². The monoisotopic (exact) mass is 303 g/mol. The summed E-state index contributed by atoms with van der Waals surface area (Å²) in [6.45, 7) is 16.5. The van der Waals surface area contributed by atoms with Crippen molar-refractivity contribution in [2.24, 2.45) is 16.7 Å². The van der Waals surface area contributed by atoms with Gasteiger partial charge in [0.1, 0.15) is 5.75 Å². The van der Waals surface area contributed by atoms with Crippen LogP contribution in [0.2, 0.25) is 0 Å². The van der Waals surface area contributed by atoms with Crippen molar-refractivity contribution in [3.63, 3.8) is 0 Å². The third-order valence-corrected chi connectivity index (χ3v) is 5.60. The first-order valence-electron chi connectivity index (χ1n) is 8.61. The number of phenolic OH excluding ortho intramolecular Hbond substituents is 1. The van der Waals surface area contributed by atoms with Crippen molar-refractivity contribution in [3.8, 4) is 5.75 Å². The van der Waals surface area contributed by atoms with Gasteiger partial charge in [0.05, 0.1) is 0 Å². The fourth-order valence-corrected chi connectivity index (χ4v) is 5.40. The van der Waals surface area contributed by atoms with Crippen LogP contribution < -0.4 is 5.32 Å². The average molecular weight is 303 g/mol. The van der Waals surface area contributed by atoms with E-state index in [2.05, 4.69) is 59.0 Å². The lowest BCUT2D eigenvalue weighted by atomic mass is 9.45. The van der Waals surface area contributed by atoms with E-state index >= 15 is 0 Å². The van der Waals surface area contributed by atoms with E-state index in [9.17, 15) is 5.11 Å². The Morgan fingerprint density at radius 2 is 1.50 bits per heavy atom. The largest absolute Gasteiger partial charge is 0.508 e. The van der Waals surface area contributed by atoms with Crippen molar-refractivity contribution >= 4 is 0 Å². The highest BCUT2D eigenvalue weighted by Gasteiger charge is 2.56. The third-order valence-electron chi connectivity index (χ3n) is 5.60. The molecule has 1 aromatic carbocycles. The van der Waals surface area contributed by atoms with Crippen LogP contribution in [0.3, 0.4) is 0 Å². The Bertz CT molecular complexity index is 470. The fourth-order valence-electron chi connectivity index (χ4n) is 5.40. The molecule has 0 aliphatic carbocycles. The topological polar surface area (TPSA) is 32.3 Å². The number of piperidine rings is 1. The van der Waals surface area contributed by atoms with Crippen LogP contribution in [0.5, 0.6) is 5.75 Å². The molecular weight excluding hydrogens is 270 g/mol. The maximum atomic E-state index is 9.73. The number of aromatic hydroxyl groups is 1. The van der Waals surface area contributed by atoms with Crippen LogP contribution in [0, 0.1) is 16.7 Å². The normalized spacial score (nSPS) is 20.9. The second kappa shape index (κ2) is 5.88. The van der Waals surface area contributed by atoms with Gasteiger partial charge in [0.15, 0.2) is 0 Å². The van der Waals surface area contributed by atoms with Crippen LogP contribution in [0.15, 0.2) is 24.3 Å².